The van der Waals surface area contributed by atoms with Gasteiger partial charge in [0, 0.05) is 11.1 Å². The Morgan fingerprint density at radius 2 is 1.48 bits per heavy atom. The predicted molar refractivity (Wildman–Crippen MR) is 84.7 cm³/mol. The normalized spacial score (nSPS) is 16.2. The van der Waals surface area contributed by atoms with Crippen LogP contribution in [0.25, 0.3) is 0 Å². The summed E-state index contributed by atoms with van der Waals surface area (Å²) in [5, 5.41) is 0.906. The van der Waals surface area contributed by atoms with E-state index in [1.54, 1.807) is 30.3 Å². The van der Waals surface area contributed by atoms with Crippen LogP contribution in [0.2, 0.25) is 19.6 Å². The van der Waals surface area contributed by atoms with Crippen molar-refractivity contribution in [3.05, 3.63) is 53.6 Å². The summed E-state index contributed by atoms with van der Waals surface area (Å²) in [4.78, 5) is 13.1. The lowest BCUT2D eigenvalue weighted by Crippen LogP contribution is -2.43. The van der Waals surface area contributed by atoms with Crippen molar-refractivity contribution in [3.63, 3.8) is 0 Å². The zero-order chi connectivity index (χ0) is 15.4. The van der Waals surface area contributed by atoms with E-state index in [1.807, 2.05) is 6.07 Å². The van der Waals surface area contributed by atoms with Crippen molar-refractivity contribution < 1.29 is 13.2 Å². The quantitative estimate of drug-likeness (QED) is 0.649. The number of carbonyl (C=O) groups excluding carboxylic acids is 1. The number of benzene rings is 2. The molecule has 0 saturated heterocycles. The summed E-state index contributed by atoms with van der Waals surface area (Å²) in [5.41, 5.74) is 0.672. The van der Waals surface area contributed by atoms with Crippen LogP contribution < -0.4 is 5.19 Å². The third-order valence-electron chi connectivity index (χ3n) is 3.77. The molecule has 0 atom stereocenters. The molecule has 1 aliphatic rings. The molecule has 2 aromatic carbocycles. The summed E-state index contributed by atoms with van der Waals surface area (Å²) in [5.74, 6) is -0.173. The number of fused-ring (bicyclic) bond motifs is 2. The average Bonchev–Trinajstić information content (AvgIpc) is 2.43. The minimum Gasteiger partial charge on any atom is -0.289 e. The second-order valence-electron chi connectivity index (χ2n) is 6.26. The maximum atomic E-state index is 12.8. The van der Waals surface area contributed by atoms with E-state index in [9.17, 15) is 13.2 Å². The summed E-state index contributed by atoms with van der Waals surface area (Å²) in [6, 6.07) is 11.6. The Labute approximate surface area is 125 Å². The molecule has 21 heavy (non-hydrogen) atoms. The van der Waals surface area contributed by atoms with E-state index in [4.69, 9.17) is 0 Å². The van der Waals surface area contributed by atoms with Gasteiger partial charge in [0.15, 0.2) is 5.78 Å². The van der Waals surface area contributed by atoms with Crippen LogP contribution in [-0.4, -0.2) is 22.3 Å². The molecular weight excluding hydrogens is 300 g/mol. The summed E-state index contributed by atoms with van der Waals surface area (Å²) >= 11 is 0. The van der Waals surface area contributed by atoms with Gasteiger partial charge in [-0.15, -0.1) is 0 Å². The van der Waals surface area contributed by atoms with Crippen LogP contribution in [0, 0.1) is 0 Å². The van der Waals surface area contributed by atoms with Gasteiger partial charge < -0.3 is 0 Å². The molecule has 108 valence electrons. The minimum atomic E-state index is -3.62. The molecule has 2 aromatic rings. The Balaban J connectivity index is 2.45. The highest BCUT2D eigenvalue weighted by atomic mass is 32.2. The number of hydrogen-bond donors (Lipinski definition) is 0. The lowest BCUT2D eigenvalue weighted by Gasteiger charge is -2.26. The van der Waals surface area contributed by atoms with E-state index in [1.165, 1.54) is 6.07 Å². The van der Waals surface area contributed by atoms with Crippen molar-refractivity contribution in [2.45, 2.75) is 29.4 Å². The van der Waals surface area contributed by atoms with E-state index in [0.717, 1.165) is 5.19 Å². The van der Waals surface area contributed by atoms with Crippen LogP contribution in [0.15, 0.2) is 52.3 Å². The van der Waals surface area contributed by atoms with Gasteiger partial charge in [-0.2, -0.15) is 0 Å². The van der Waals surface area contributed by atoms with E-state index < -0.39 is 17.9 Å². The molecule has 0 spiro atoms. The van der Waals surface area contributed by atoms with E-state index >= 15 is 0 Å². The molecule has 5 heteroatoms. The SMILES string of the molecule is C[Si](C)(C)c1cccc2c1C(=O)c1ccccc1S2(=O)=O. The summed E-state index contributed by atoms with van der Waals surface area (Å²) < 4.78 is 25.6. The smallest absolute Gasteiger partial charge is 0.208 e. The second-order valence-corrected chi connectivity index (χ2v) is 13.2. The molecule has 0 saturated carbocycles. The Morgan fingerprint density at radius 1 is 0.857 bits per heavy atom. The highest BCUT2D eigenvalue weighted by molar-refractivity contribution is 7.91. The van der Waals surface area contributed by atoms with Gasteiger partial charge in [-0.3, -0.25) is 4.79 Å². The van der Waals surface area contributed by atoms with Crippen LogP contribution in [0.1, 0.15) is 15.9 Å². The molecule has 1 heterocycles. The van der Waals surface area contributed by atoms with Gasteiger partial charge in [-0.25, -0.2) is 8.42 Å². The highest BCUT2D eigenvalue weighted by Crippen LogP contribution is 2.34. The molecule has 0 fully saturated rings. The number of hydrogen-bond acceptors (Lipinski definition) is 3. The molecule has 0 amide bonds. The Kier molecular flexibility index (Phi) is 2.97. The molecule has 1 aliphatic heterocycles. The van der Waals surface area contributed by atoms with Crippen LogP contribution in [-0.2, 0) is 9.84 Å². The lowest BCUT2D eigenvalue weighted by atomic mass is 10.0. The largest absolute Gasteiger partial charge is 0.289 e. The van der Waals surface area contributed by atoms with Crippen molar-refractivity contribution in [3.8, 4) is 0 Å². The first kappa shape index (κ1) is 14.2. The van der Waals surface area contributed by atoms with Crippen molar-refractivity contribution in [1.82, 2.24) is 0 Å². The summed E-state index contributed by atoms with van der Waals surface area (Å²) in [6.07, 6.45) is 0. The Morgan fingerprint density at radius 3 is 2.14 bits per heavy atom. The molecule has 0 bridgehead atoms. The Bertz CT molecular complexity index is 861. The molecule has 0 unspecified atom stereocenters. The highest BCUT2D eigenvalue weighted by Gasteiger charge is 2.38. The maximum Gasteiger partial charge on any atom is 0.208 e. The standard InChI is InChI=1S/C16H16O3SSi/c1-21(2,3)14-10-6-9-13-15(14)16(17)11-7-4-5-8-12(11)20(13,18)19/h4-10H,1-3H3. The van der Waals surface area contributed by atoms with E-state index in [2.05, 4.69) is 19.6 Å². The topological polar surface area (TPSA) is 51.2 Å². The third-order valence-corrected chi connectivity index (χ3v) is 7.66. The van der Waals surface area contributed by atoms with Gasteiger partial charge in [-0.1, -0.05) is 43.9 Å². The minimum absolute atomic E-state index is 0.121. The van der Waals surface area contributed by atoms with Gasteiger partial charge in [0.2, 0.25) is 9.84 Å². The first-order valence-electron chi connectivity index (χ1n) is 6.77. The third kappa shape index (κ3) is 1.99. The van der Waals surface area contributed by atoms with Crippen molar-refractivity contribution in [2.75, 3.05) is 0 Å². The van der Waals surface area contributed by atoms with Gasteiger partial charge in [0.25, 0.3) is 0 Å². The van der Waals surface area contributed by atoms with E-state index in [0.29, 0.717) is 5.56 Å². The van der Waals surface area contributed by atoms with Gasteiger partial charge >= 0.3 is 0 Å². The molecule has 0 radical (unpaired) electrons. The zero-order valence-corrected chi connectivity index (χ0v) is 14.0. The van der Waals surface area contributed by atoms with Crippen LogP contribution in [0.3, 0.4) is 0 Å². The maximum absolute atomic E-state index is 12.8. The molecule has 3 rings (SSSR count). The molecule has 3 nitrogen and oxygen atoms in total. The first-order chi connectivity index (χ1) is 9.74. The second kappa shape index (κ2) is 4.38. The molecule has 0 aromatic heterocycles. The lowest BCUT2D eigenvalue weighted by molar-refractivity contribution is 0.103. The van der Waals surface area contributed by atoms with Crippen LogP contribution in [0.4, 0.5) is 0 Å². The molecular formula is C16H16O3SSi. The van der Waals surface area contributed by atoms with E-state index in [-0.39, 0.29) is 21.1 Å². The number of ketones is 1. The monoisotopic (exact) mass is 316 g/mol. The summed E-state index contributed by atoms with van der Waals surface area (Å²) in [6.45, 7) is 6.34. The van der Waals surface area contributed by atoms with Gasteiger partial charge in [-0.05, 0) is 23.4 Å². The Hall–Kier alpha value is -1.72. The van der Waals surface area contributed by atoms with Crippen LogP contribution in [0.5, 0.6) is 0 Å². The number of carbonyl (C=O) groups is 1. The molecule has 0 aliphatic carbocycles. The fourth-order valence-corrected chi connectivity index (χ4v) is 6.11. The van der Waals surface area contributed by atoms with Crippen LogP contribution >= 0.6 is 0 Å². The summed E-state index contributed by atoms with van der Waals surface area (Å²) in [7, 11) is -5.44. The fourth-order valence-electron chi connectivity index (χ4n) is 2.76. The van der Waals surface area contributed by atoms with Gasteiger partial charge in [0.1, 0.15) is 0 Å². The van der Waals surface area contributed by atoms with Gasteiger partial charge in [0.05, 0.1) is 17.9 Å². The van der Waals surface area contributed by atoms with Crippen molar-refractivity contribution in [2.24, 2.45) is 0 Å². The molecule has 0 N–H and O–H groups in total. The first-order valence-corrected chi connectivity index (χ1v) is 11.8. The average molecular weight is 316 g/mol. The number of sulfone groups is 1. The van der Waals surface area contributed by atoms with Crippen molar-refractivity contribution >= 4 is 28.9 Å². The zero-order valence-electron chi connectivity index (χ0n) is 12.2. The van der Waals surface area contributed by atoms with Crippen molar-refractivity contribution in [1.29, 1.82) is 0 Å². The fraction of sp³-hybridized carbons (Fsp3) is 0.188. The number of rotatable bonds is 1. The predicted octanol–water partition coefficient (Wildman–Crippen LogP) is 2.61.